The zero-order valence-corrected chi connectivity index (χ0v) is 9.86. The lowest BCUT2D eigenvalue weighted by atomic mass is 10.3. The van der Waals surface area contributed by atoms with Crippen molar-refractivity contribution in [2.24, 2.45) is 0 Å². The first-order chi connectivity index (χ1) is 7.18. The fraction of sp³-hybridized carbons (Fsp3) is 0. The van der Waals surface area contributed by atoms with Crippen LogP contribution in [0.15, 0.2) is 29.6 Å². The number of nitrogens with zero attached hydrogens (tertiary/aromatic N) is 1. The molecule has 0 aliphatic heterocycles. The summed E-state index contributed by atoms with van der Waals surface area (Å²) in [6.45, 7) is 0. The summed E-state index contributed by atoms with van der Waals surface area (Å²) in [5, 5.41) is 11.6. The number of aromatic hydroxyl groups is 1. The van der Waals surface area contributed by atoms with E-state index in [4.69, 9.17) is 23.8 Å². The number of hydrogen-bond donors (Lipinski definition) is 2. The van der Waals surface area contributed by atoms with Gasteiger partial charge in [-0.3, -0.25) is 5.43 Å². The number of para-hydroxylation sites is 1. The maximum Gasteiger partial charge on any atom is 0.222 e. The topological polar surface area (TPSA) is 37.2 Å². The molecule has 1 aromatic carbocycles. The minimum atomic E-state index is 0.0740. The number of hydrogen-bond acceptors (Lipinski definition) is 4. The van der Waals surface area contributed by atoms with Crippen LogP contribution < -0.4 is 5.43 Å². The summed E-state index contributed by atoms with van der Waals surface area (Å²) in [4.78, 5) is 0. The minimum absolute atomic E-state index is 0.0740. The molecule has 0 amide bonds. The molecule has 1 heterocycles. The molecular weight excluding hydrogens is 252 g/mol. The Labute approximate surface area is 101 Å². The van der Waals surface area contributed by atoms with E-state index in [1.807, 2.05) is 12.1 Å². The van der Waals surface area contributed by atoms with E-state index >= 15 is 0 Å². The number of halogens is 1. The molecule has 0 aliphatic rings. The van der Waals surface area contributed by atoms with Crippen molar-refractivity contribution in [2.75, 3.05) is 5.43 Å². The van der Waals surface area contributed by atoms with Crippen molar-refractivity contribution in [3.8, 4) is 5.88 Å². The predicted molar refractivity (Wildman–Crippen MR) is 65.3 cm³/mol. The van der Waals surface area contributed by atoms with E-state index in [9.17, 15) is 5.11 Å². The minimum Gasteiger partial charge on any atom is -0.493 e. The number of aromatic nitrogens is 1. The van der Waals surface area contributed by atoms with Gasteiger partial charge in [0.2, 0.25) is 5.88 Å². The second-order valence-corrected chi connectivity index (χ2v) is 4.70. The lowest BCUT2D eigenvalue weighted by Crippen LogP contribution is -2.08. The molecule has 0 radical (unpaired) electrons. The maximum absolute atomic E-state index is 9.48. The smallest absolute Gasteiger partial charge is 0.222 e. The molecule has 2 N–H and O–H groups in total. The Morgan fingerprint density at radius 1 is 1.40 bits per heavy atom. The third-order valence-electron chi connectivity index (χ3n) is 1.78. The van der Waals surface area contributed by atoms with Crippen LogP contribution in [0.2, 0.25) is 5.02 Å². The zero-order valence-electron chi connectivity index (χ0n) is 7.48. The van der Waals surface area contributed by atoms with Gasteiger partial charge < -0.3 is 5.11 Å². The van der Waals surface area contributed by atoms with E-state index in [0.717, 1.165) is 0 Å². The number of rotatable bonds is 2. The third kappa shape index (κ3) is 2.14. The van der Waals surface area contributed by atoms with E-state index in [0.29, 0.717) is 14.7 Å². The standard InChI is InChI=1S/C9H7ClN2OS2/c10-6-3-1-2-4-7(6)11-12-8(13)5-15-9(12)14/h1-5,11,13H. The Morgan fingerprint density at radius 3 is 2.73 bits per heavy atom. The Balaban J connectivity index is 2.38. The summed E-state index contributed by atoms with van der Waals surface area (Å²) < 4.78 is 1.94. The van der Waals surface area contributed by atoms with E-state index in [-0.39, 0.29) is 5.88 Å². The molecular formula is C9H7ClN2OS2. The Morgan fingerprint density at radius 2 is 2.13 bits per heavy atom. The Bertz CT molecular complexity index is 535. The molecule has 3 nitrogen and oxygen atoms in total. The van der Waals surface area contributed by atoms with Crippen LogP contribution in [0.4, 0.5) is 5.69 Å². The van der Waals surface area contributed by atoms with Crippen LogP contribution in [0.25, 0.3) is 0 Å². The molecule has 2 aromatic rings. The van der Waals surface area contributed by atoms with Gasteiger partial charge in [0.05, 0.1) is 16.1 Å². The molecule has 15 heavy (non-hydrogen) atoms. The number of benzene rings is 1. The summed E-state index contributed by atoms with van der Waals surface area (Å²) in [5.74, 6) is 0.0740. The molecule has 0 saturated carbocycles. The SMILES string of the molecule is Oc1csc(=S)n1Nc1ccccc1Cl. The van der Waals surface area contributed by atoms with Crippen molar-refractivity contribution in [3.63, 3.8) is 0 Å². The van der Waals surface area contributed by atoms with Crippen molar-refractivity contribution >= 4 is 40.8 Å². The molecule has 78 valence electrons. The second kappa shape index (κ2) is 4.22. The van der Waals surface area contributed by atoms with Crippen LogP contribution >= 0.6 is 35.2 Å². The second-order valence-electron chi connectivity index (χ2n) is 2.79. The monoisotopic (exact) mass is 258 g/mol. The predicted octanol–water partition coefficient (Wildman–Crippen LogP) is 3.51. The van der Waals surface area contributed by atoms with Gasteiger partial charge in [-0.25, -0.2) is 4.68 Å². The van der Waals surface area contributed by atoms with Crippen LogP contribution in [-0.2, 0) is 0 Å². The molecule has 2 rings (SSSR count). The van der Waals surface area contributed by atoms with Crippen LogP contribution in [0.3, 0.4) is 0 Å². The highest BCUT2D eigenvalue weighted by Crippen LogP contribution is 2.23. The first kappa shape index (κ1) is 10.5. The number of nitrogens with one attached hydrogen (secondary N) is 1. The van der Waals surface area contributed by atoms with Gasteiger partial charge in [-0.05, 0) is 24.4 Å². The van der Waals surface area contributed by atoms with Crippen molar-refractivity contribution < 1.29 is 5.11 Å². The third-order valence-corrected chi connectivity index (χ3v) is 3.30. The van der Waals surface area contributed by atoms with Gasteiger partial charge in [-0.1, -0.05) is 23.7 Å². The maximum atomic E-state index is 9.48. The lowest BCUT2D eigenvalue weighted by molar-refractivity contribution is 0.435. The number of thiazole rings is 1. The van der Waals surface area contributed by atoms with Gasteiger partial charge in [0.15, 0.2) is 3.95 Å². The van der Waals surface area contributed by atoms with Crippen molar-refractivity contribution in [2.45, 2.75) is 0 Å². The van der Waals surface area contributed by atoms with Gasteiger partial charge in [-0.2, -0.15) is 0 Å². The van der Waals surface area contributed by atoms with Gasteiger partial charge in [0.25, 0.3) is 0 Å². The highest BCUT2D eigenvalue weighted by molar-refractivity contribution is 7.73. The molecule has 6 heteroatoms. The Kier molecular flexibility index (Phi) is 2.95. The van der Waals surface area contributed by atoms with Crippen LogP contribution in [0.1, 0.15) is 0 Å². The van der Waals surface area contributed by atoms with Gasteiger partial charge in [-0.15, -0.1) is 11.3 Å². The summed E-state index contributed by atoms with van der Waals surface area (Å²) in [6, 6.07) is 7.25. The van der Waals surface area contributed by atoms with Crippen LogP contribution in [0.5, 0.6) is 5.88 Å². The molecule has 1 aromatic heterocycles. The van der Waals surface area contributed by atoms with Crippen molar-refractivity contribution in [3.05, 3.63) is 38.6 Å². The summed E-state index contributed by atoms with van der Waals surface area (Å²) >= 11 is 12.3. The first-order valence-corrected chi connectivity index (χ1v) is 5.76. The van der Waals surface area contributed by atoms with E-state index in [1.54, 1.807) is 17.5 Å². The molecule has 0 unspecified atom stereocenters. The van der Waals surface area contributed by atoms with Gasteiger partial charge >= 0.3 is 0 Å². The average molecular weight is 259 g/mol. The molecule has 0 saturated heterocycles. The number of anilines is 1. The fourth-order valence-electron chi connectivity index (χ4n) is 1.08. The molecule has 0 atom stereocenters. The average Bonchev–Trinajstić information content (AvgIpc) is 2.53. The summed E-state index contributed by atoms with van der Waals surface area (Å²) in [7, 11) is 0. The summed E-state index contributed by atoms with van der Waals surface area (Å²) in [5.41, 5.74) is 3.63. The van der Waals surface area contributed by atoms with Crippen LogP contribution in [-0.4, -0.2) is 9.78 Å². The first-order valence-electron chi connectivity index (χ1n) is 4.09. The quantitative estimate of drug-likeness (QED) is 0.810. The highest BCUT2D eigenvalue weighted by atomic mass is 35.5. The Hall–Kier alpha value is -1.04. The van der Waals surface area contributed by atoms with Crippen molar-refractivity contribution in [1.82, 2.24) is 4.68 Å². The lowest BCUT2D eigenvalue weighted by Gasteiger charge is -2.09. The zero-order chi connectivity index (χ0) is 10.8. The van der Waals surface area contributed by atoms with E-state index in [1.165, 1.54) is 16.0 Å². The van der Waals surface area contributed by atoms with Crippen LogP contribution in [0, 0.1) is 3.95 Å². The fourth-order valence-corrected chi connectivity index (χ4v) is 2.10. The van der Waals surface area contributed by atoms with E-state index in [2.05, 4.69) is 5.43 Å². The van der Waals surface area contributed by atoms with E-state index < -0.39 is 0 Å². The largest absolute Gasteiger partial charge is 0.493 e. The molecule has 0 bridgehead atoms. The van der Waals surface area contributed by atoms with Gasteiger partial charge in [0.1, 0.15) is 0 Å². The summed E-state index contributed by atoms with van der Waals surface area (Å²) in [6.07, 6.45) is 0. The van der Waals surface area contributed by atoms with Crippen molar-refractivity contribution in [1.29, 1.82) is 0 Å². The molecule has 0 spiro atoms. The van der Waals surface area contributed by atoms with Gasteiger partial charge in [0, 0.05) is 0 Å². The normalized spacial score (nSPS) is 10.2. The molecule has 0 aliphatic carbocycles. The molecule has 0 fully saturated rings. The highest BCUT2D eigenvalue weighted by Gasteiger charge is 2.04.